The first kappa shape index (κ1) is 48.7. The number of allylic oxidation sites excluding steroid dienone is 3. The zero-order valence-electron chi connectivity index (χ0n) is 35.5. The Labute approximate surface area is 337 Å². The molecule has 0 aromatic heterocycles. The number of esters is 2. The van der Waals surface area contributed by atoms with E-state index in [2.05, 4.69) is 0 Å². The van der Waals surface area contributed by atoms with E-state index in [-0.39, 0.29) is 31.5 Å². The van der Waals surface area contributed by atoms with Gasteiger partial charge in [-0.3, -0.25) is 14.4 Å². The molecule has 0 spiro atoms. The predicted octanol–water partition coefficient (Wildman–Crippen LogP) is 3.73. The van der Waals surface area contributed by atoms with Crippen LogP contribution >= 0.6 is 0 Å². The van der Waals surface area contributed by atoms with Gasteiger partial charge in [0.1, 0.15) is 42.8 Å². The first-order chi connectivity index (χ1) is 26.8. The highest BCUT2D eigenvalue weighted by Crippen LogP contribution is 2.39. The third-order valence-electron chi connectivity index (χ3n) is 11.1. The minimum absolute atomic E-state index is 0.0226. The molecule has 2 fully saturated rings. The molecule has 0 aromatic carbocycles. The number of rotatable bonds is 13. The first-order valence-corrected chi connectivity index (χ1v) is 20.1. The number of aliphatic hydroxyl groups excluding tert-OH is 1. The van der Waals surface area contributed by atoms with Crippen molar-refractivity contribution in [2.75, 3.05) is 34.9 Å². The third kappa shape index (κ3) is 13.2. The lowest BCUT2D eigenvalue weighted by Gasteiger charge is -2.54. The zero-order chi connectivity index (χ0) is 42.7. The van der Waals surface area contributed by atoms with Gasteiger partial charge in [-0.05, 0) is 53.0 Å². The summed E-state index contributed by atoms with van der Waals surface area (Å²) in [7, 11) is 5.66. The number of nitrogens with zero attached hydrogens (tertiary/aromatic N) is 1. The number of aliphatic hydroxyl groups is 1. The predicted molar refractivity (Wildman–Crippen MR) is 206 cm³/mol. The summed E-state index contributed by atoms with van der Waals surface area (Å²) >= 11 is 0. The number of methoxy groups -OCH3 is 2. The molecule has 3 aliphatic rings. The molecule has 0 saturated carbocycles. The number of carbonyl (C=O) groups excluding carboxylic acids is 4. The van der Waals surface area contributed by atoms with Crippen LogP contribution in [-0.4, -0.2) is 148 Å². The number of ether oxygens (including phenoxy) is 9. The minimum atomic E-state index is -1.63. The lowest BCUT2D eigenvalue weighted by atomic mass is 9.83. The van der Waals surface area contributed by atoms with Gasteiger partial charge >= 0.3 is 11.9 Å². The maximum atomic E-state index is 14.0. The Balaban J connectivity index is 2.07. The summed E-state index contributed by atoms with van der Waals surface area (Å²) in [5.74, 6) is -2.93. The maximum absolute atomic E-state index is 14.0. The number of quaternary nitrogens is 1. The number of hydrogen-bond donors (Lipinski definition) is 1. The van der Waals surface area contributed by atoms with Gasteiger partial charge in [-0.25, -0.2) is 0 Å². The summed E-state index contributed by atoms with van der Waals surface area (Å²) in [5, 5.41) is 26.0. The van der Waals surface area contributed by atoms with Crippen molar-refractivity contribution in [2.24, 2.45) is 11.8 Å². The molecular formula is C41H67NO15. The standard InChI is InChI=1S/C41H67NO15/c1-12-31(45)55-30-22-32(46)52-25(4)17-15-14-16-18-29(44)24(3)21-28(19-20-43)37(38(30)49-10)57-40-35(47)34(42(8,9)48)36(26(5)54-40)56-33-23-41(7,50-11)39(51-13-2)27(6)53-33/h14-16,18,20,24-28,30,33-40,47H,12-13,17,19,21-23H2,1-11H3/b15-14+,18-16+/t24-,25-,26-,27+,28+,30-,33+,34-,35-,36-,37+,38+,39+,40+,41-/m1/s1. The summed E-state index contributed by atoms with van der Waals surface area (Å²) in [5.41, 5.74) is -0.793. The molecule has 2 saturated heterocycles. The van der Waals surface area contributed by atoms with E-state index in [4.69, 9.17) is 42.6 Å². The highest BCUT2D eigenvalue weighted by Gasteiger charge is 2.55. The molecule has 3 heterocycles. The van der Waals surface area contributed by atoms with Crippen LogP contribution in [0.1, 0.15) is 87.0 Å². The van der Waals surface area contributed by atoms with Crippen molar-refractivity contribution >= 4 is 24.0 Å². The van der Waals surface area contributed by atoms with Gasteiger partial charge in [-0.1, -0.05) is 32.1 Å². The molecule has 0 aliphatic carbocycles. The summed E-state index contributed by atoms with van der Waals surface area (Å²) < 4.78 is 53.9. The molecule has 0 unspecified atom stereocenters. The van der Waals surface area contributed by atoms with Crippen molar-refractivity contribution in [3.63, 3.8) is 0 Å². The second-order valence-electron chi connectivity index (χ2n) is 16.0. The van der Waals surface area contributed by atoms with Crippen molar-refractivity contribution in [1.82, 2.24) is 0 Å². The van der Waals surface area contributed by atoms with Crippen LogP contribution in [-0.2, 0) is 61.8 Å². The van der Waals surface area contributed by atoms with Crippen LogP contribution in [0.15, 0.2) is 24.3 Å². The van der Waals surface area contributed by atoms with E-state index < -0.39 is 114 Å². The molecule has 0 radical (unpaired) electrons. The van der Waals surface area contributed by atoms with Gasteiger partial charge in [0.2, 0.25) is 0 Å². The second kappa shape index (κ2) is 22.1. The van der Waals surface area contributed by atoms with Crippen LogP contribution in [0.25, 0.3) is 0 Å². The highest BCUT2D eigenvalue weighted by atomic mass is 16.7. The number of likely N-dealkylation sites (N-methyl/N-ethyl adjacent to an activating group) is 1. The molecule has 57 heavy (non-hydrogen) atoms. The molecule has 0 aromatic rings. The summed E-state index contributed by atoms with van der Waals surface area (Å²) in [6.45, 7) is 12.8. The van der Waals surface area contributed by atoms with E-state index in [1.807, 2.05) is 20.8 Å². The van der Waals surface area contributed by atoms with E-state index in [1.165, 1.54) is 27.3 Å². The molecule has 1 N–H and O–H groups in total. The fraction of sp³-hybridized carbons (Fsp3) is 0.805. The van der Waals surface area contributed by atoms with Crippen LogP contribution in [0.3, 0.4) is 0 Å². The van der Waals surface area contributed by atoms with Crippen LogP contribution in [0.4, 0.5) is 0 Å². The van der Waals surface area contributed by atoms with Crippen molar-refractivity contribution in [2.45, 2.75) is 166 Å². The monoisotopic (exact) mass is 813 g/mol. The van der Waals surface area contributed by atoms with E-state index in [1.54, 1.807) is 53.0 Å². The molecule has 16 heteroatoms. The van der Waals surface area contributed by atoms with Crippen molar-refractivity contribution < 1.29 is 71.6 Å². The number of hydrogen-bond acceptors (Lipinski definition) is 15. The van der Waals surface area contributed by atoms with Crippen LogP contribution in [0.2, 0.25) is 0 Å². The number of hydroxylamine groups is 3. The van der Waals surface area contributed by atoms with E-state index in [9.17, 15) is 29.5 Å². The van der Waals surface area contributed by atoms with Crippen LogP contribution in [0, 0.1) is 17.0 Å². The van der Waals surface area contributed by atoms with Gasteiger partial charge in [-0.2, -0.15) is 0 Å². The Bertz CT molecular complexity index is 1370. The summed E-state index contributed by atoms with van der Waals surface area (Å²) in [6.07, 6.45) is -3.76. The SMILES string of the molecule is CCO[C@H]1[C@H](C)O[C@@H](O[C@H]2[C@H]([N+](C)(C)[O-])[C@@H](O)[C@H](O[C@H]3[C@@H](CC=O)C[C@@H](C)C(=O)/C=C/C=C/C[C@@H](C)OC(=O)C[C@@H](OC(=O)CC)[C@@H]3OC)O[C@@H]2C)C[C@@]1(C)OC. The molecule has 16 nitrogen and oxygen atoms in total. The van der Waals surface area contributed by atoms with Crippen molar-refractivity contribution in [3.8, 4) is 0 Å². The molecule has 0 bridgehead atoms. The third-order valence-corrected chi connectivity index (χ3v) is 11.1. The Morgan fingerprint density at radius 1 is 1.04 bits per heavy atom. The minimum Gasteiger partial charge on any atom is -0.633 e. The summed E-state index contributed by atoms with van der Waals surface area (Å²) in [4.78, 5) is 51.7. The van der Waals surface area contributed by atoms with Gasteiger partial charge in [0.15, 0.2) is 24.5 Å². The average Bonchev–Trinajstić information content (AvgIpc) is 3.13. The smallest absolute Gasteiger partial charge is 0.309 e. The van der Waals surface area contributed by atoms with Crippen molar-refractivity contribution in [3.05, 3.63) is 29.5 Å². The zero-order valence-corrected chi connectivity index (χ0v) is 35.5. The van der Waals surface area contributed by atoms with Crippen molar-refractivity contribution in [1.29, 1.82) is 0 Å². The fourth-order valence-corrected chi connectivity index (χ4v) is 8.07. The highest BCUT2D eigenvalue weighted by molar-refractivity contribution is 5.91. The van der Waals surface area contributed by atoms with Gasteiger partial charge in [0, 0.05) is 52.4 Å². The average molecular weight is 814 g/mol. The second-order valence-corrected chi connectivity index (χ2v) is 16.0. The lowest BCUT2D eigenvalue weighted by molar-refractivity contribution is -0.879. The Kier molecular flexibility index (Phi) is 18.9. The molecule has 326 valence electrons. The molecule has 0 amide bonds. The lowest BCUT2D eigenvalue weighted by Crippen LogP contribution is -2.69. The summed E-state index contributed by atoms with van der Waals surface area (Å²) in [6, 6.07) is -1.20. The number of carbonyl (C=O) groups is 4. The first-order valence-electron chi connectivity index (χ1n) is 20.1. The Morgan fingerprint density at radius 3 is 2.33 bits per heavy atom. The number of cyclic esters (lactones) is 1. The Morgan fingerprint density at radius 2 is 1.74 bits per heavy atom. The molecule has 15 atom stereocenters. The van der Waals surface area contributed by atoms with E-state index in [0.29, 0.717) is 19.3 Å². The van der Waals surface area contributed by atoms with E-state index in [0.717, 1.165) is 0 Å². The van der Waals surface area contributed by atoms with E-state index >= 15 is 0 Å². The largest absolute Gasteiger partial charge is 0.633 e. The van der Waals surface area contributed by atoms with Crippen LogP contribution < -0.4 is 0 Å². The normalized spacial score (nSPS) is 40.2. The topological polar surface area (TPSA) is 195 Å². The van der Waals surface area contributed by atoms with Gasteiger partial charge < -0.3 is 62.4 Å². The molecular weight excluding hydrogens is 746 g/mol. The maximum Gasteiger partial charge on any atom is 0.309 e. The van der Waals surface area contributed by atoms with Gasteiger partial charge in [0.05, 0.1) is 44.4 Å². The fourth-order valence-electron chi connectivity index (χ4n) is 8.07. The number of aldehydes is 1. The number of ketones is 1. The van der Waals surface area contributed by atoms with Gasteiger partial charge in [0.25, 0.3) is 0 Å². The molecule has 3 rings (SSSR count). The molecule has 3 aliphatic heterocycles. The van der Waals surface area contributed by atoms with Gasteiger partial charge in [-0.15, -0.1) is 0 Å². The quantitative estimate of drug-likeness (QED) is 0.122. The Hall–Kier alpha value is -2.64. The van der Waals surface area contributed by atoms with Crippen LogP contribution in [0.5, 0.6) is 0 Å².